The third-order valence-corrected chi connectivity index (χ3v) is 2.40. The maximum absolute atomic E-state index is 11.7. The number of benzene rings is 1. The first-order valence-electron chi connectivity index (χ1n) is 5.58. The highest BCUT2D eigenvalue weighted by Crippen LogP contribution is 2.27. The van der Waals surface area contributed by atoms with Crippen LogP contribution in [0.3, 0.4) is 0 Å². The number of methoxy groups -OCH3 is 2. The number of hydrogen-bond acceptors (Lipinski definition) is 4. The summed E-state index contributed by atoms with van der Waals surface area (Å²) in [7, 11) is 2.87. The predicted octanol–water partition coefficient (Wildman–Crippen LogP) is 2.49. The van der Waals surface area contributed by atoms with E-state index < -0.39 is 5.97 Å². The molecule has 98 valence electrons. The van der Waals surface area contributed by atoms with Crippen molar-refractivity contribution in [2.45, 2.75) is 13.3 Å². The number of ether oxygens (including phenoxy) is 3. The molecule has 0 saturated carbocycles. The van der Waals surface area contributed by atoms with Gasteiger partial charge in [0, 0.05) is 7.11 Å². The van der Waals surface area contributed by atoms with E-state index in [0.29, 0.717) is 17.7 Å². The molecule has 0 aromatic heterocycles. The van der Waals surface area contributed by atoms with E-state index in [1.807, 2.05) is 13.0 Å². The van der Waals surface area contributed by atoms with E-state index in [1.54, 1.807) is 12.1 Å². The van der Waals surface area contributed by atoms with E-state index in [9.17, 15) is 4.79 Å². The Balaban J connectivity index is 3.27. The lowest BCUT2D eigenvalue weighted by atomic mass is 10.0. The van der Waals surface area contributed by atoms with Gasteiger partial charge in [-0.05, 0) is 30.5 Å². The predicted molar refractivity (Wildman–Crippen MR) is 68.9 cm³/mol. The Bertz CT molecular complexity index is 438. The lowest BCUT2D eigenvalue weighted by Crippen LogP contribution is -2.10. The Morgan fingerprint density at radius 1 is 1.39 bits per heavy atom. The summed E-state index contributed by atoms with van der Waals surface area (Å²) in [4.78, 5) is 11.7. The second-order valence-electron chi connectivity index (χ2n) is 3.84. The number of rotatable bonds is 6. The molecule has 0 unspecified atom stereocenters. The molecular weight excluding hydrogens is 232 g/mol. The van der Waals surface area contributed by atoms with Crippen molar-refractivity contribution in [3.8, 4) is 5.75 Å². The molecule has 0 aliphatic carbocycles. The van der Waals surface area contributed by atoms with Crippen LogP contribution in [0.25, 0.3) is 0 Å². The number of carbonyl (C=O) groups excluding carboxylic acids is 1. The van der Waals surface area contributed by atoms with Crippen LogP contribution in [0.15, 0.2) is 24.8 Å². The summed E-state index contributed by atoms with van der Waals surface area (Å²) in [6.07, 6.45) is 2.38. The van der Waals surface area contributed by atoms with E-state index >= 15 is 0 Å². The van der Waals surface area contributed by atoms with Crippen molar-refractivity contribution in [2.75, 3.05) is 21.0 Å². The Kier molecular flexibility index (Phi) is 5.39. The van der Waals surface area contributed by atoms with Gasteiger partial charge in [-0.15, -0.1) is 6.58 Å². The van der Waals surface area contributed by atoms with Gasteiger partial charge in [0.1, 0.15) is 11.3 Å². The zero-order valence-electron chi connectivity index (χ0n) is 11.0. The summed E-state index contributed by atoms with van der Waals surface area (Å²) >= 11 is 0. The van der Waals surface area contributed by atoms with Crippen LogP contribution in [0, 0.1) is 6.92 Å². The molecule has 0 N–H and O–H groups in total. The first-order valence-corrected chi connectivity index (χ1v) is 5.58. The number of aryl methyl sites for hydroxylation is 1. The van der Waals surface area contributed by atoms with E-state index in [-0.39, 0.29) is 6.79 Å². The summed E-state index contributed by atoms with van der Waals surface area (Å²) in [5.41, 5.74) is 2.27. The minimum Gasteiger partial charge on any atom is -0.466 e. The maximum Gasteiger partial charge on any atom is 0.341 e. The first-order chi connectivity index (χ1) is 8.63. The molecule has 0 bridgehead atoms. The average Bonchev–Trinajstić information content (AvgIpc) is 2.36. The van der Waals surface area contributed by atoms with Crippen molar-refractivity contribution in [3.05, 3.63) is 41.5 Å². The van der Waals surface area contributed by atoms with Crippen LogP contribution in [0.1, 0.15) is 21.5 Å². The standard InChI is InChI=1S/C14H18O4/c1-5-6-11-7-10(2)8-12(14(15)17-4)13(11)18-9-16-3/h5,7-8H,1,6,9H2,2-4H3. The molecule has 0 aliphatic rings. The maximum atomic E-state index is 11.7. The Labute approximate surface area is 107 Å². The van der Waals surface area contributed by atoms with Gasteiger partial charge in [0.2, 0.25) is 0 Å². The van der Waals surface area contributed by atoms with Crippen LogP contribution in [-0.4, -0.2) is 27.0 Å². The fourth-order valence-electron chi connectivity index (χ4n) is 1.71. The van der Waals surface area contributed by atoms with Gasteiger partial charge in [-0.2, -0.15) is 0 Å². The van der Waals surface area contributed by atoms with Crippen LogP contribution in [-0.2, 0) is 15.9 Å². The van der Waals surface area contributed by atoms with E-state index in [1.165, 1.54) is 14.2 Å². The van der Waals surface area contributed by atoms with Crippen molar-refractivity contribution in [1.82, 2.24) is 0 Å². The highest BCUT2D eigenvalue weighted by atomic mass is 16.7. The van der Waals surface area contributed by atoms with Crippen LogP contribution in [0.5, 0.6) is 5.75 Å². The lowest BCUT2D eigenvalue weighted by molar-refractivity contribution is 0.0459. The van der Waals surface area contributed by atoms with Crippen molar-refractivity contribution in [3.63, 3.8) is 0 Å². The highest BCUT2D eigenvalue weighted by molar-refractivity contribution is 5.93. The van der Waals surface area contributed by atoms with Gasteiger partial charge in [-0.25, -0.2) is 4.79 Å². The third-order valence-electron chi connectivity index (χ3n) is 2.40. The normalized spacial score (nSPS) is 9.94. The number of hydrogen-bond donors (Lipinski definition) is 0. The first kappa shape index (κ1) is 14.3. The Hall–Kier alpha value is -1.81. The van der Waals surface area contributed by atoms with Crippen LogP contribution in [0.4, 0.5) is 0 Å². The topological polar surface area (TPSA) is 44.8 Å². The van der Waals surface area contributed by atoms with Crippen LogP contribution >= 0.6 is 0 Å². The van der Waals surface area contributed by atoms with Crippen molar-refractivity contribution >= 4 is 5.97 Å². The van der Waals surface area contributed by atoms with Gasteiger partial charge in [0.15, 0.2) is 6.79 Å². The largest absolute Gasteiger partial charge is 0.466 e. The third kappa shape index (κ3) is 3.34. The molecule has 0 spiro atoms. The van der Waals surface area contributed by atoms with Gasteiger partial charge in [-0.1, -0.05) is 12.1 Å². The Morgan fingerprint density at radius 3 is 2.67 bits per heavy atom. The smallest absolute Gasteiger partial charge is 0.341 e. The van der Waals surface area contributed by atoms with Gasteiger partial charge in [0.25, 0.3) is 0 Å². The van der Waals surface area contributed by atoms with Gasteiger partial charge < -0.3 is 14.2 Å². The SMILES string of the molecule is C=CCc1cc(C)cc(C(=O)OC)c1OCOC. The molecule has 1 aromatic rings. The fraction of sp³-hybridized carbons (Fsp3) is 0.357. The summed E-state index contributed by atoms with van der Waals surface area (Å²) in [6.45, 7) is 5.70. The van der Waals surface area contributed by atoms with Gasteiger partial charge in [-0.3, -0.25) is 0 Å². The molecule has 0 heterocycles. The van der Waals surface area contributed by atoms with Crippen molar-refractivity contribution in [2.24, 2.45) is 0 Å². The highest BCUT2D eigenvalue weighted by Gasteiger charge is 2.17. The zero-order valence-corrected chi connectivity index (χ0v) is 11.0. The van der Waals surface area contributed by atoms with Crippen molar-refractivity contribution < 1.29 is 19.0 Å². The molecule has 18 heavy (non-hydrogen) atoms. The molecular formula is C14H18O4. The lowest BCUT2D eigenvalue weighted by Gasteiger charge is -2.14. The summed E-state index contributed by atoms with van der Waals surface area (Å²) in [6, 6.07) is 3.70. The number of esters is 1. The molecule has 4 nitrogen and oxygen atoms in total. The summed E-state index contributed by atoms with van der Waals surface area (Å²) < 4.78 is 15.1. The fourth-order valence-corrected chi connectivity index (χ4v) is 1.71. The molecule has 4 heteroatoms. The van der Waals surface area contributed by atoms with Crippen LogP contribution < -0.4 is 4.74 Å². The molecule has 0 atom stereocenters. The molecule has 0 saturated heterocycles. The molecule has 1 rings (SSSR count). The van der Waals surface area contributed by atoms with E-state index in [0.717, 1.165) is 11.1 Å². The zero-order chi connectivity index (χ0) is 13.5. The van der Waals surface area contributed by atoms with E-state index in [4.69, 9.17) is 14.2 Å². The van der Waals surface area contributed by atoms with Gasteiger partial charge in [0.05, 0.1) is 7.11 Å². The molecule has 0 fully saturated rings. The second kappa shape index (κ2) is 6.81. The van der Waals surface area contributed by atoms with Gasteiger partial charge >= 0.3 is 5.97 Å². The van der Waals surface area contributed by atoms with Crippen molar-refractivity contribution in [1.29, 1.82) is 0 Å². The molecule has 0 radical (unpaired) electrons. The quantitative estimate of drug-likeness (QED) is 0.442. The number of allylic oxidation sites excluding steroid dienone is 1. The minimum absolute atomic E-state index is 0.0806. The average molecular weight is 250 g/mol. The van der Waals surface area contributed by atoms with E-state index in [2.05, 4.69) is 6.58 Å². The van der Waals surface area contributed by atoms with Crippen LogP contribution in [0.2, 0.25) is 0 Å². The summed E-state index contributed by atoms with van der Waals surface area (Å²) in [5.74, 6) is 0.0734. The number of carbonyl (C=O) groups is 1. The molecule has 1 aromatic carbocycles. The second-order valence-corrected chi connectivity index (χ2v) is 3.84. The summed E-state index contributed by atoms with van der Waals surface area (Å²) in [5, 5.41) is 0. The Morgan fingerprint density at radius 2 is 2.11 bits per heavy atom. The molecule has 0 aliphatic heterocycles. The molecule has 0 amide bonds. The monoisotopic (exact) mass is 250 g/mol. The minimum atomic E-state index is -0.421.